The smallest absolute Gasteiger partial charge is 0.0521 e. The van der Waals surface area contributed by atoms with Crippen LogP contribution in [-0.2, 0) is 13.0 Å². The monoisotopic (exact) mass is 209 g/mol. The SMILES string of the molecule is CCCC(CCc1cnn(CC)c1)NC. The lowest BCUT2D eigenvalue weighted by Crippen LogP contribution is -2.25. The van der Waals surface area contributed by atoms with Crippen molar-refractivity contribution in [3.8, 4) is 0 Å². The second kappa shape index (κ2) is 6.62. The van der Waals surface area contributed by atoms with E-state index in [9.17, 15) is 0 Å². The van der Waals surface area contributed by atoms with E-state index in [-0.39, 0.29) is 0 Å². The van der Waals surface area contributed by atoms with Crippen molar-refractivity contribution in [1.82, 2.24) is 15.1 Å². The lowest BCUT2D eigenvalue weighted by Gasteiger charge is -2.13. The van der Waals surface area contributed by atoms with Crippen LogP contribution in [0, 0.1) is 0 Å². The largest absolute Gasteiger partial charge is 0.317 e. The van der Waals surface area contributed by atoms with Crippen molar-refractivity contribution in [2.75, 3.05) is 7.05 Å². The summed E-state index contributed by atoms with van der Waals surface area (Å²) in [6, 6.07) is 0.653. The molecule has 0 aliphatic heterocycles. The molecule has 1 unspecified atom stereocenters. The fourth-order valence-corrected chi connectivity index (χ4v) is 1.83. The van der Waals surface area contributed by atoms with E-state index >= 15 is 0 Å². The molecule has 0 saturated heterocycles. The van der Waals surface area contributed by atoms with Crippen LogP contribution in [0.1, 0.15) is 38.7 Å². The van der Waals surface area contributed by atoms with Gasteiger partial charge in [-0.05, 0) is 38.8 Å². The van der Waals surface area contributed by atoms with Gasteiger partial charge in [-0.2, -0.15) is 5.10 Å². The molecule has 1 N–H and O–H groups in total. The van der Waals surface area contributed by atoms with Gasteiger partial charge in [-0.3, -0.25) is 4.68 Å². The Morgan fingerprint density at radius 3 is 2.73 bits per heavy atom. The van der Waals surface area contributed by atoms with Crippen LogP contribution in [0.15, 0.2) is 12.4 Å². The first-order chi connectivity index (χ1) is 7.30. The molecule has 1 aromatic rings. The average molecular weight is 209 g/mol. The van der Waals surface area contributed by atoms with Gasteiger partial charge in [0.1, 0.15) is 0 Å². The first-order valence-corrected chi connectivity index (χ1v) is 5.98. The van der Waals surface area contributed by atoms with Crippen molar-refractivity contribution in [2.45, 2.75) is 52.1 Å². The molecular formula is C12H23N3. The number of nitrogens with zero attached hydrogens (tertiary/aromatic N) is 2. The molecule has 0 aromatic carbocycles. The van der Waals surface area contributed by atoms with Crippen molar-refractivity contribution in [3.05, 3.63) is 18.0 Å². The Balaban J connectivity index is 2.34. The van der Waals surface area contributed by atoms with E-state index in [1.807, 2.05) is 10.9 Å². The maximum absolute atomic E-state index is 4.28. The highest BCUT2D eigenvalue weighted by atomic mass is 15.3. The van der Waals surface area contributed by atoms with Gasteiger partial charge in [0.05, 0.1) is 6.20 Å². The number of rotatable bonds is 7. The highest BCUT2D eigenvalue weighted by Gasteiger charge is 2.05. The molecule has 1 atom stereocenters. The molecule has 1 rings (SSSR count). The summed E-state index contributed by atoms with van der Waals surface area (Å²) in [5.74, 6) is 0. The number of hydrogen-bond donors (Lipinski definition) is 1. The zero-order chi connectivity index (χ0) is 11.1. The van der Waals surface area contributed by atoms with Crippen LogP contribution in [0.2, 0.25) is 0 Å². The maximum Gasteiger partial charge on any atom is 0.0521 e. The van der Waals surface area contributed by atoms with Gasteiger partial charge in [0.25, 0.3) is 0 Å². The first-order valence-electron chi connectivity index (χ1n) is 5.98. The van der Waals surface area contributed by atoms with Gasteiger partial charge in [-0.15, -0.1) is 0 Å². The predicted molar refractivity (Wildman–Crippen MR) is 64.0 cm³/mol. The van der Waals surface area contributed by atoms with E-state index in [0.717, 1.165) is 13.0 Å². The molecule has 86 valence electrons. The van der Waals surface area contributed by atoms with Crippen molar-refractivity contribution >= 4 is 0 Å². The highest BCUT2D eigenvalue weighted by molar-refractivity contribution is 5.04. The van der Waals surface area contributed by atoms with Gasteiger partial charge in [0.2, 0.25) is 0 Å². The summed E-state index contributed by atoms with van der Waals surface area (Å²) in [5.41, 5.74) is 1.35. The standard InChI is InChI=1S/C12H23N3/c1-4-6-12(13-3)8-7-11-9-14-15(5-2)10-11/h9-10,12-13H,4-8H2,1-3H3. The van der Waals surface area contributed by atoms with Crippen LogP contribution in [0.4, 0.5) is 0 Å². The Labute approximate surface area is 92.9 Å². The fraction of sp³-hybridized carbons (Fsp3) is 0.750. The highest BCUT2D eigenvalue weighted by Crippen LogP contribution is 2.07. The summed E-state index contributed by atoms with van der Waals surface area (Å²) in [5, 5.41) is 7.65. The fourth-order valence-electron chi connectivity index (χ4n) is 1.83. The van der Waals surface area contributed by atoms with Gasteiger partial charge < -0.3 is 5.32 Å². The molecule has 0 saturated carbocycles. The van der Waals surface area contributed by atoms with Crippen LogP contribution in [0.25, 0.3) is 0 Å². The lowest BCUT2D eigenvalue weighted by molar-refractivity contribution is 0.484. The van der Waals surface area contributed by atoms with Crippen LogP contribution in [0.5, 0.6) is 0 Å². The van der Waals surface area contributed by atoms with Gasteiger partial charge in [0.15, 0.2) is 0 Å². The summed E-state index contributed by atoms with van der Waals surface area (Å²) in [7, 11) is 2.05. The third kappa shape index (κ3) is 4.04. The zero-order valence-corrected chi connectivity index (χ0v) is 10.2. The molecular weight excluding hydrogens is 186 g/mol. The van der Waals surface area contributed by atoms with Crippen molar-refractivity contribution in [3.63, 3.8) is 0 Å². The van der Waals surface area contributed by atoms with Gasteiger partial charge in [0, 0.05) is 18.8 Å². The Morgan fingerprint density at radius 2 is 2.20 bits per heavy atom. The molecule has 0 spiro atoms. The average Bonchev–Trinajstić information content (AvgIpc) is 2.72. The van der Waals surface area contributed by atoms with E-state index in [1.54, 1.807) is 0 Å². The molecule has 0 radical (unpaired) electrons. The molecule has 0 fully saturated rings. The third-order valence-electron chi connectivity index (χ3n) is 2.84. The number of aryl methyl sites for hydroxylation is 2. The minimum Gasteiger partial charge on any atom is -0.317 e. The normalized spacial score (nSPS) is 13.0. The van der Waals surface area contributed by atoms with Crippen LogP contribution in [0.3, 0.4) is 0 Å². The van der Waals surface area contributed by atoms with E-state index in [2.05, 4.69) is 37.5 Å². The predicted octanol–water partition coefficient (Wildman–Crippen LogP) is 2.22. The topological polar surface area (TPSA) is 29.9 Å². The van der Waals surface area contributed by atoms with E-state index < -0.39 is 0 Å². The Kier molecular flexibility index (Phi) is 5.40. The third-order valence-corrected chi connectivity index (χ3v) is 2.84. The molecule has 15 heavy (non-hydrogen) atoms. The maximum atomic E-state index is 4.28. The van der Waals surface area contributed by atoms with Crippen molar-refractivity contribution < 1.29 is 0 Å². The van der Waals surface area contributed by atoms with Crippen LogP contribution in [-0.4, -0.2) is 22.9 Å². The molecule has 0 aliphatic carbocycles. The molecule has 0 aliphatic rings. The van der Waals surface area contributed by atoms with Crippen LogP contribution < -0.4 is 5.32 Å². The van der Waals surface area contributed by atoms with Gasteiger partial charge in [-0.25, -0.2) is 0 Å². The second-order valence-corrected chi connectivity index (χ2v) is 4.02. The van der Waals surface area contributed by atoms with E-state index in [0.29, 0.717) is 6.04 Å². The lowest BCUT2D eigenvalue weighted by atomic mass is 10.0. The van der Waals surface area contributed by atoms with Crippen molar-refractivity contribution in [2.24, 2.45) is 0 Å². The molecule has 0 bridgehead atoms. The van der Waals surface area contributed by atoms with E-state index in [4.69, 9.17) is 0 Å². The van der Waals surface area contributed by atoms with Crippen LogP contribution >= 0.6 is 0 Å². The quantitative estimate of drug-likeness (QED) is 0.746. The Bertz CT molecular complexity index is 268. The minimum atomic E-state index is 0.653. The molecule has 3 nitrogen and oxygen atoms in total. The second-order valence-electron chi connectivity index (χ2n) is 4.02. The summed E-state index contributed by atoms with van der Waals surface area (Å²) in [6.07, 6.45) is 8.99. The number of nitrogens with one attached hydrogen (secondary N) is 1. The molecule has 3 heteroatoms. The molecule has 1 heterocycles. The Hall–Kier alpha value is -0.830. The Morgan fingerprint density at radius 1 is 1.40 bits per heavy atom. The van der Waals surface area contributed by atoms with Crippen molar-refractivity contribution in [1.29, 1.82) is 0 Å². The summed E-state index contributed by atoms with van der Waals surface area (Å²) in [4.78, 5) is 0. The van der Waals surface area contributed by atoms with Gasteiger partial charge >= 0.3 is 0 Å². The molecule has 1 aromatic heterocycles. The summed E-state index contributed by atoms with van der Waals surface area (Å²) < 4.78 is 1.99. The summed E-state index contributed by atoms with van der Waals surface area (Å²) >= 11 is 0. The molecule has 0 amide bonds. The summed E-state index contributed by atoms with van der Waals surface area (Å²) in [6.45, 7) is 5.31. The zero-order valence-electron chi connectivity index (χ0n) is 10.2. The van der Waals surface area contributed by atoms with Gasteiger partial charge in [-0.1, -0.05) is 13.3 Å². The first kappa shape index (κ1) is 12.2. The number of hydrogen-bond acceptors (Lipinski definition) is 2. The number of aromatic nitrogens is 2. The minimum absolute atomic E-state index is 0.653. The van der Waals surface area contributed by atoms with E-state index in [1.165, 1.54) is 24.8 Å².